The Morgan fingerprint density at radius 3 is 2.52 bits per heavy atom. The number of halogens is 1. The molecule has 0 saturated heterocycles. The number of benzene rings is 3. The standard InChI is InChI=1S/C27H29ClN2O/c1-18-8-6-7-9-26(18)31-22-12-10-21(11-13-22)29-17-20-14-23-19(2)16-27(3,4)30(5)25(23)15-24(20)28/h6-15,17,19H,16H2,1-5H3. The summed E-state index contributed by atoms with van der Waals surface area (Å²) in [6, 6.07) is 20.0. The minimum atomic E-state index is 0.119. The van der Waals surface area contributed by atoms with E-state index in [1.54, 1.807) is 0 Å². The monoisotopic (exact) mass is 432 g/mol. The van der Waals surface area contributed by atoms with Crippen molar-refractivity contribution in [2.45, 2.75) is 45.6 Å². The van der Waals surface area contributed by atoms with Gasteiger partial charge in [-0.1, -0.05) is 36.7 Å². The lowest BCUT2D eigenvalue weighted by molar-refractivity contribution is 0.395. The Kier molecular flexibility index (Phi) is 5.81. The van der Waals surface area contributed by atoms with Gasteiger partial charge in [0.25, 0.3) is 0 Å². The highest BCUT2D eigenvalue weighted by Gasteiger charge is 2.34. The van der Waals surface area contributed by atoms with E-state index >= 15 is 0 Å². The molecule has 0 radical (unpaired) electrons. The van der Waals surface area contributed by atoms with Gasteiger partial charge in [-0.2, -0.15) is 0 Å². The summed E-state index contributed by atoms with van der Waals surface area (Å²) in [5.41, 5.74) is 5.57. The first kappa shape index (κ1) is 21.5. The Labute approximate surface area is 190 Å². The van der Waals surface area contributed by atoms with Crippen LogP contribution in [0.4, 0.5) is 11.4 Å². The van der Waals surface area contributed by atoms with Crippen LogP contribution in [0.25, 0.3) is 0 Å². The highest BCUT2D eigenvalue weighted by molar-refractivity contribution is 6.33. The van der Waals surface area contributed by atoms with Crippen LogP contribution in [0.15, 0.2) is 65.7 Å². The number of hydrogen-bond acceptors (Lipinski definition) is 3. The van der Waals surface area contributed by atoms with Gasteiger partial charge in [0.15, 0.2) is 0 Å². The summed E-state index contributed by atoms with van der Waals surface area (Å²) >= 11 is 6.63. The Bertz CT molecular complexity index is 1120. The van der Waals surface area contributed by atoms with E-state index < -0.39 is 0 Å². The number of anilines is 1. The summed E-state index contributed by atoms with van der Waals surface area (Å²) in [6.07, 6.45) is 2.96. The third-order valence-corrected chi connectivity index (χ3v) is 6.59. The first-order valence-corrected chi connectivity index (χ1v) is 11.1. The molecule has 1 aliphatic rings. The quantitative estimate of drug-likeness (QED) is 0.391. The molecular formula is C27H29ClN2O. The van der Waals surface area contributed by atoms with E-state index in [0.717, 1.165) is 39.8 Å². The van der Waals surface area contributed by atoms with Crippen LogP contribution in [0.5, 0.6) is 11.5 Å². The lowest BCUT2D eigenvalue weighted by Gasteiger charge is -2.45. The fourth-order valence-corrected chi connectivity index (χ4v) is 4.45. The van der Waals surface area contributed by atoms with Crippen LogP contribution in [-0.2, 0) is 0 Å². The molecule has 0 amide bonds. The van der Waals surface area contributed by atoms with Crippen molar-refractivity contribution in [3.63, 3.8) is 0 Å². The van der Waals surface area contributed by atoms with Crippen molar-refractivity contribution in [2.24, 2.45) is 4.99 Å². The molecule has 3 aromatic carbocycles. The smallest absolute Gasteiger partial charge is 0.130 e. The Morgan fingerprint density at radius 2 is 1.81 bits per heavy atom. The molecule has 0 spiro atoms. The predicted octanol–water partition coefficient (Wildman–Crippen LogP) is 7.91. The first-order chi connectivity index (χ1) is 14.7. The van der Waals surface area contributed by atoms with Gasteiger partial charge in [0, 0.05) is 30.1 Å². The minimum Gasteiger partial charge on any atom is -0.457 e. The lowest BCUT2D eigenvalue weighted by atomic mass is 9.80. The molecule has 4 rings (SSSR count). The molecule has 3 nitrogen and oxygen atoms in total. The van der Waals surface area contributed by atoms with Gasteiger partial charge in [-0.3, -0.25) is 4.99 Å². The summed E-state index contributed by atoms with van der Waals surface area (Å²) < 4.78 is 5.97. The van der Waals surface area contributed by atoms with E-state index in [2.05, 4.69) is 49.8 Å². The highest BCUT2D eigenvalue weighted by Crippen LogP contribution is 2.44. The average molecular weight is 433 g/mol. The van der Waals surface area contributed by atoms with Gasteiger partial charge in [0.2, 0.25) is 0 Å². The van der Waals surface area contributed by atoms with Crippen molar-refractivity contribution in [3.05, 3.63) is 82.4 Å². The molecule has 1 unspecified atom stereocenters. The van der Waals surface area contributed by atoms with E-state index in [4.69, 9.17) is 16.3 Å². The second-order valence-corrected chi connectivity index (χ2v) is 9.44. The molecule has 3 aromatic rings. The third-order valence-electron chi connectivity index (χ3n) is 6.26. The molecule has 1 aliphatic heterocycles. The number of aryl methyl sites for hydroxylation is 1. The zero-order valence-corrected chi connectivity index (χ0v) is 19.6. The van der Waals surface area contributed by atoms with Crippen LogP contribution >= 0.6 is 11.6 Å². The number of nitrogens with zero attached hydrogens (tertiary/aromatic N) is 2. The fraction of sp³-hybridized carbons (Fsp3) is 0.296. The zero-order chi connectivity index (χ0) is 22.2. The van der Waals surface area contributed by atoms with Crippen molar-refractivity contribution < 1.29 is 4.74 Å². The Morgan fingerprint density at radius 1 is 1.10 bits per heavy atom. The maximum atomic E-state index is 6.63. The number of fused-ring (bicyclic) bond motifs is 1. The summed E-state index contributed by atoms with van der Waals surface area (Å²) in [6.45, 7) is 8.88. The molecular weight excluding hydrogens is 404 g/mol. The van der Waals surface area contributed by atoms with E-state index in [9.17, 15) is 0 Å². The van der Waals surface area contributed by atoms with Gasteiger partial charge < -0.3 is 9.64 Å². The van der Waals surface area contributed by atoms with E-state index in [0.29, 0.717) is 5.92 Å². The molecule has 0 aliphatic carbocycles. The molecule has 4 heteroatoms. The first-order valence-electron chi connectivity index (χ1n) is 10.7. The molecule has 0 fully saturated rings. The molecule has 1 heterocycles. The van der Waals surface area contributed by atoms with Crippen molar-refractivity contribution in [1.82, 2.24) is 0 Å². The van der Waals surface area contributed by atoms with Gasteiger partial charge in [0.1, 0.15) is 11.5 Å². The topological polar surface area (TPSA) is 24.8 Å². The zero-order valence-electron chi connectivity index (χ0n) is 18.8. The second kappa shape index (κ2) is 8.39. The molecule has 0 N–H and O–H groups in total. The molecule has 0 saturated carbocycles. The van der Waals surface area contributed by atoms with Gasteiger partial charge in [-0.15, -0.1) is 0 Å². The molecule has 160 valence electrons. The molecule has 31 heavy (non-hydrogen) atoms. The van der Waals surface area contributed by atoms with Crippen LogP contribution in [0, 0.1) is 6.92 Å². The maximum absolute atomic E-state index is 6.63. The average Bonchev–Trinajstić information content (AvgIpc) is 2.73. The Balaban J connectivity index is 1.54. The highest BCUT2D eigenvalue weighted by atomic mass is 35.5. The van der Waals surface area contributed by atoms with Gasteiger partial charge in [-0.05, 0) is 86.7 Å². The lowest BCUT2D eigenvalue weighted by Crippen LogP contribution is -2.45. The molecule has 0 bridgehead atoms. The van der Waals surface area contributed by atoms with Crippen LogP contribution in [0.2, 0.25) is 5.02 Å². The van der Waals surface area contributed by atoms with E-state index in [1.807, 2.05) is 61.7 Å². The van der Waals surface area contributed by atoms with Crippen LogP contribution in [0.1, 0.15) is 49.8 Å². The van der Waals surface area contributed by atoms with E-state index in [-0.39, 0.29) is 5.54 Å². The number of hydrogen-bond donors (Lipinski definition) is 0. The summed E-state index contributed by atoms with van der Waals surface area (Å²) in [5, 5.41) is 0.721. The maximum Gasteiger partial charge on any atom is 0.130 e. The number of aliphatic imine (C=N–C) groups is 1. The van der Waals surface area contributed by atoms with Gasteiger partial charge >= 0.3 is 0 Å². The number of para-hydroxylation sites is 1. The van der Waals surface area contributed by atoms with Crippen molar-refractivity contribution in [3.8, 4) is 11.5 Å². The van der Waals surface area contributed by atoms with Gasteiger partial charge in [-0.25, -0.2) is 0 Å². The number of ether oxygens (including phenoxy) is 1. The summed E-state index contributed by atoms with van der Waals surface area (Å²) in [4.78, 5) is 6.98. The fourth-order valence-electron chi connectivity index (χ4n) is 4.25. The second-order valence-electron chi connectivity index (χ2n) is 9.03. The van der Waals surface area contributed by atoms with Gasteiger partial charge in [0.05, 0.1) is 10.7 Å². The van der Waals surface area contributed by atoms with E-state index in [1.165, 1.54) is 11.3 Å². The van der Waals surface area contributed by atoms with Crippen molar-refractivity contribution >= 4 is 29.2 Å². The summed E-state index contributed by atoms with van der Waals surface area (Å²) in [7, 11) is 2.15. The SMILES string of the molecule is Cc1ccccc1Oc1ccc(N=Cc2cc3c(cc2Cl)N(C)C(C)(C)CC3C)cc1. The summed E-state index contributed by atoms with van der Waals surface area (Å²) in [5.74, 6) is 2.13. The van der Waals surface area contributed by atoms with Crippen LogP contribution in [0.3, 0.4) is 0 Å². The predicted molar refractivity (Wildman–Crippen MR) is 132 cm³/mol. The number of rotatable bonds is 4. The van der Waals surface area contributed by atoms with Crippen LogP contribution < -0.4 is 9.64 Å². The van der Waals surface area contributed by atoms with Crippen molar-refractivity contribution in [2.75, 3.05) is 11.9 Å². The largest absolute Gasteiger partial charge is 0.457 e. The Hall–Kier alpha value is -2.78. The third kappa shape index (κ3) is 4.47. The normalized spacial score (nSPS) is 17.6. The minimum absolute atomic E-state index is 0.119. The van der Waals surface area contributed by atoms with Crippen molar-refractivity contribution in [1.29, 1.82) is 0 Å². The molecule has 0 aromatic heterocycles. The van der Waals surface area contributed by atoms with Crippen LogP contribution in [-0.4, -0.2) is 18.8 Å². The molecule has 1 atom stereocenters.